The Morgan fingerprint density at radius 3 is 2.44 bits per heavy atom. The van der Waals surface area contributed by atoms with Gasteiger partial charge in [0.15, 0.2) is 18.1 Å². The van der Waals surface area contributed by atoms with E-state index in [4.69, 9.17) is 25.8 Å². The zero-order chi connectivity index (χ0) is 19.8. The van der Waals surface area contributed by atoms with Crippen LogP contribution in [0.1, 0.15) is 24.2 Å². The van der Waals surface area contributed by atoms with Gasteiger partial charge in [0.05, 0.1) is 23.8 Å². The molecule has 0 saturated heterocycles. The summed E-state index contributed by atoms with van der Waals surface area (Å²) in [5.41, 5.74) is 0.682. The summed E-state index contributed by atoms with van der Waals surface area (Å²) in [6, 6.07) is 9.84. The van der Waals surface area contributed by atoms with E-state index in [2.05, 4.69) is 21.2 Å². The van der Waals surface area contributed by atoms with E-state index in [1.807, 2.05) is 13.8 Å². The highest BCUT2D eigenvalue weighted by molar-refractivity contribution is 9.10. The van der Waals surface area contributed by atoms with E-state index in [1.165, 1.54) is 6.07 Å². The van der Waals surface area contributed by atoms with Crippen molar-refractivity contribution in [2.45, 2.75) is 13.8 Å². The number of carbonyl (C=O) groups is 2. The molecule has 1 amide bonds. The van der Waals surface area contributed by atoms with Gasteiger partial charge in [-0.2, -0.15) is 0 Å². The Bertz CT molecular complexity index is 828. The topological polar surface area (TPSA) is 73.9 Å². The van der Waals surface area contributed by atoms with Gasteiger partial charge in [-0.05, 0) is 44.2 Å². The lowest BCUT2D eigenvalue weighted by atomic mass is 10.2. The molecule has 1 N–H and O–H groups in total. The van der Waals surface area contributed by atoms with Gasteiger partial charge in [-0.1, -0.05) is 27.5 Å². The Kier molecular flexibility index (Phi) is 7.94. The van der Waals surface area contributed by atoms with E-state index in [0.717, 1.165) is 0 Å². The molecule has 2 aromatic carbocycles. The fourth-order valence-electron chi connectivity index (χ4n) is 2.19. The number of hydrogen-bond donors (Lipinski definition) is 1. The molecule has 0 heterocycles. The Labute approximate surface area is 170 Å². The van der Waals surface area contributed by atoms with E-state index >= 15 is 0 Å². The van der Waals surface area contributed by atoms with Gasteiger partial charge in [0.25, 0.3) is 5.91 Å². The molecular formula is C19H19BrClNO5. The van der Waals surface area contributed by atoms with Crippen LogP contribution in [-0.2, 0) is 9.53 Å². The van der Waals surface area contributed by atoms with Crippen molar-refractivity contribution in [3.63, 3.8) is 0 Å². The fourth-order valence-corrected chi connectivity index (χ4v) is 2.74. The zero-order valence-electron chi connectivity index (χ0n) is 14.9. The molecule has 0 spiro atoms. The van der Waals surface area contributed by atoms with E-state index in [9.17, 15) is 9.59 Å². The maximum atomic E-state index is 12.1. The molecule has 0 unspecified atom stereocenters. The number of halogens is 2. The zero-order valence-corrected chi connectivity index (χ0v) is 17.2. The molecule has 0 aliphatic carbocycles. The summed E-state index contributed by atoms with van der Waals surface area (Å²) in [5.74, 6) is -0.0534. The SMILES string of the molecule is CCOc1ccc(NC(=O)COC(=O)c2cc(Br)ccc2Cl)cc1OCC. The highest BCUT2D eigenvalue weighted by Crippen LogP contribution is 2.30. The third kappa shape index (κ3) is 6.15. The number of nitrogens with one attached hydrogen (secondary N) is 1. The molecule has 0 aromatic heterocycles. The largest absolute Gasteiger partial charge is 0.490 e. The van der Waals surface area contributed by atoms with Crippen molar-refractivity contribution in [3.8, 4) is 11.5 Å². The Hall–Kier alpha value is -2.25. The first-order chi connectivity index (χ1) is 12.9. The summed E-state index contributed by atoms with van der Waals surface area (Å²) >= 11 is 9.23. The van der Waals surface area contributed by atoms with Crippen LogP contribution in [0.4, 0.5) is 5.69 Å². The Morgan fingerprint density at radius 1 is 1.04 bits per heavy atom. The molecular weight excluding hydrogens is 438 g/mol. The van der Waals surface area contributed by atoms with Crippen LogP contribution in [-0.4, -0.2) is 31.7 Å². The summed E-state index contributed by atoms with van der Waals surface area (Å²) in [5, 5.41) is 2.90. The van der Waals surface area contributed by atoms with Crippen molar-refractivity contribution in [2.75, 3.05) is 25.1 Å². The van der Waals surface area contributed by atoms with Gasteiger partial charge in [-0.25, -0.2) is 4.79 Å². The van der Waals surface area contributed by atoms with Gasteiger partial charge in [0.2, 0.25) is 0 Å². The average Bonchev–Trinajstić information content (AvgIpc) is 2.64. The molecule has 6 nitrogen and oxygen atoms in total. The molecule has 0 fully saturated rings. The first-order valence-electron chi connectivity index (χ1n) is 8.26. The van der Waals surface area contributed by atoms with Gasteiger partial charge in [0.1, 0.15) is 0 Å². The van der Waals surface area contributed by atoms with Crippen molar-refractivity contribution in [3.05, 3.63) is 51.5 Å². The monoisotopic (exact) mass is 455 g/mol. The Balaban J connectivity index is 1.98. The smallest absolute Gasteiger partial charge is 0.340 e. The first-order valence-corrected chi connectivity index (χ1v) is 9.43. The van der Waals surface area contributed by atoms with Crippen LogP contribution < -0.4 is 14.8 Å². The van der Waals surface area contributed by atoms with Gasteiger partial charge < -0.3 is 19.5 Å². The molecule has 0 atom stereocenters. The second-order valence-electron chi connectivity index (χ2n) is 5.28. The maximum Gasteiger partial charge on any atom is 0.340 e. The maximum absolute atomic E-state index is 12.1. The minimum atomic E-state index is -0.682. The molecule has 144 valence electrons. The van der Waals surface area contributed by atoms with Crippen molar-refractivity contribution >= 4 is 45.1 Å². The van der Waals surface area contributed by atoms with E-state index in [-0.39, 0.29) is 10.6 Å². The first kappa shape index (κ1) is 21.1. The minimum absolute atomic E-state index is 0.179. The number of esters is 1. The number of ether oxygens (including phenoxy) is 3. The number of anilines is 1. The molecule has 27 heavy (non-hydrogen) atoms. The minimum Gasteiger partial charge on any atom is -0.490 e. The van der Waals surface area contributed by atoms with Crippen molar-refractivity contribution in [2.24, 2.45) is 0 Å². The normalized spacial score (nSPS) is 10.2. The van der Waals surface area contributed by atoms with Crippen molar-refractivity contribution in [1.29, 1.82) is 0 Å². The molecule has 0 saturated carbocycles. The van der Waals surface area contributed by atoms with Crippen LogP contribution in [0.2, 0.25) is 5.02 Å². The van der Waals surface area contributed by atoms with Crippen LogP contribution in [0.3, 0.4) is 0 Å². The lowest BCUT2D eigenvalue weighted by Crippen LogP contribution is -2.21. The molecule has 0 radical (unpaired) electrons. The average molecular weight is 457 g/mol. The van der Waals surface area contributed by atoms with Gasteiger partial charge in [-0.3, -0.25) is 4.79 Å². The van der Waals surface area contributed by atoms with Crippen molar-refractivity contribution in [1.82, 2.24) is 0 Å². The van der Waals surface area contributed by atoms with Crippen LogP contribution >= 0.6 is 27.5 Å². The number of hydrogen-bond acceptors (Lipinski definition) is 5. The fraction of sp³-hybridized carbons (Fsp3) is 0.263. The molecule has 8 heteroatoms. The van der Waals surface area contributed by atoms with Gasteiger partial charge in [0, 0.05) is 16.2 Å². The van der Waals surface area contributed by atoms with Crippen LogP contribution in [0.5, 0.6) is 11.5 Å². The van der Waals surface area contributed by atoms with Crippen LogP contribution in [0.15, 0.2) is 40.9 Å². The van der Waals surface area contributed by atoms with Crippen LogP contribution in [0, 0.1) is 0 Å². The molecule has 2 aromatic rings. The molecule has 0 aliphatic rings. The van der Waals surface area contributed by atoms with E-state index < -0.39 is 18.5 Å². The molecule has 0 bridgehead atoms. The highest BCUT2D eigenvalue weighted by atomic mass is 79.9. The van der Waals surface area contributed by atoms with Gasteiger partial charge in [-0.15, -0.1) is 0 Å². The lowest BCUT2D eigenvalue weighted by molar-refractivity contribution is -0.119. The predicted octanol–water partition coefficient (Wildman–Crippen LogP) is 4.70. The number of rotatable bonds is 8. The van der Waals surface area contributed by atoms with E-state index in [0.29, 0.717) is 34.9 Å². The van der Waals surface area contributed by atoms with E-state index in [1.54, 1.807) is 30.3 Å². The number of carbonyl (C=O) groups excluding carboxylic acids is 2. The highest BCUT2D eigenvalue weighted by Gasteiger charge is 2.15. The Morgan fingerprint density at radius 2 is 1.74 bits per heavy atom. The third-order valence-electron chi connectivity index (χ3n) is 3.31. The summed E-state index contributed by atoms with van der Waals surface area (Å²) in [7, 11) is 0. The molecule has 2 rings (SSSR count). The summed E-state index contributed by atoms with van der Waals surface area (Å²) < 4.78 is 16.7. The summed E-state index contributed by atoms with van der Waals surface area (Å²) in [4.78, 5) is 24.2. The van der Waals surface area contributed by atoms with Crippen molar-refractivity contribution < 1.29 is 23.8 Å². The number of benzene rings is 2. The van der Waals surface area contributed by atoms with Crippen LogP contribution in [0.25, 0.3) is 0 Å². The predicted molar refractivity (Wildman–Crippen MR) is 107 cm³/mol. The standard InChI is InChI=1S/C19H19BrClNO5/c1-3-25-16-8-6-13(10-17(16)26-4-2)22-18(23)11-27-19(24)14-9-12(20)5-7-15(14)21/h5-10H,3-4,11H2,1-2H3,(H,22,23). The second-order valence-corrected chi connectivity index (χ2v) is 6.60. The van der Waals surface area contributed by atoms with Gasteiger partial charge >= 0.3 is 5.97 Å². The summed E-state index contributed by atoms with van der Waals surface area (Å²) in [6.07, 6.45) is 0. The quantitative estimate of drug-likeness (QED) is 0.583. The molecule has 0 aliphatic heterocycles. The second kappa shape index (κ2) is 10.2. The lowest BCUT2D eigenvalue weighted by Gasteiger charge is -2.13. The summed E-state index contributed by atoms with van der Waals surface area (Å²) in [6.45, 7) is 4.24. The third-order valence-corrected chi connectivity index (χ3v) is 4.13. The number of amides is 1.